The minimum atomic E-state index is -0.491. The predicted octanol–water partition coefficient (Wildman–Crippen LogP) is 2.54. The predicted molar refractivity (Wildman–Crippen MR) is 88.6 cm³/mol. The first kappa shape index (κ1) is 16.8. The highest BCUT2D eigenvalue weighted by atomic mass is 79.9. The van der Waals surface area contributed by atoms with Gasteiger partial charge in [0.25, 0.3) is 11.8 Å². The molecule has 0 aliphatic rings. The van der Waals surface area contributed by atoms with E-state index in [9.17, 15) is 9.59 Å². The van der Waals surface area contributed by atoms with Crippen LogP contribution in [0.4, 0.5) is 0 Å². The molecule has 0 unspecified atom stereocenters. The monoisotopic (exact) mass is 378 g/mol. The molecule has 23 heavy (non-hydrogen) atoms. The highest BCUT2D eigenvalue weighted by Crippen LogP contribution is 2.24. The number of hydrogen-bond donors (Lipinski definition) is 2. The highest BCUT2D eigenvalue weighted by Gasteiger charge is 2.14. The summed E-state index contributed by atoms with van der Waals surface area (Å²) in [5.74, 6) is 0.00494. The summed E-state index contributed by atoms with van der Waals surface area (Å²) < 4.78 is 11.1. The third-order valence-electron chi connectivity index (χ3n) is 3.05. The molecule has 6 nitrogen and oxygen atoms in total. The number of ether oxygens (including phenoxy) is 2. The normalized spacial score (nSPS) is 9.87. The number of hydrogen-bond acceptors (Lipinski definition) is 4. The topological polar surface area (TPSA) is 76.7 Å². The first-order valence-corrected chi connectivity index (χ1v) is 7.42. The molecule has 0 aromatic heterocycles. The number of methoxy groups -OCH3 is 2. The molecule has 2 aromatic carbocycles. The lowest BCUT2D eigenvalue weighted by Gasteiger charge is -2.11. The smallest absolute Gasteiger partial charge is 0.273 e. The van der Waals surface area contributed by atoms with Crippen LogP contribution in [0.2, 0.25) is 0 Å². The van der Waals surface area contributed by atoms with Crippen LogP contribution in [0.3, 0.4) is 0 Å². The van der Waals surface area contributed by atoms with Crippen LogP contribution >= 0.6 is 15.9 Å². The third kappa shape index (κ3) is 4.23. The van der Waals surface area contributed by atoms with Gasteiger partial charge in [-0.05, 0) is 36.4 Å². The Morgan fingerprint density at radius 3 is 2.17 bits per heavy atom. The lowest BCUT2D eigenvalue weighted by Crippen LogP contribution is -2.41. The van der Waals surface area contributed by atoms with Gasteiger partial charge in [0.05, 0.1) is 19.8 Å². The average molecular weight is 379 g/mol. The van der Waals surface area contributed by atoms with E-state index in [1.54, 1.807) is 42.5 Å². The van der Waals surface area contributed by atoms with Crippen molar-refractivity contribution >= 4 is 27.7 Å². The van der Waals surface area contributed by atoms with Crippen molar-refractivity contribution in [3.8, 4) is 11.5 Å². The lowest BCUT2D eigenvalue weighted by atomic mass is 10.2. The van der Waals surface area contributed by atoms with Gasteiger partial charge in [-0.3, -0.25) is 20.4 Å². The Morgan fingerprint density at radius 2 is 1.57 bits per heavy atom. The Balaban J connectivity index is 2.04. The van der Waals surface area contributed by atoms with Crippen molar-refractivity contribution in [1.82, 2.24) is 10.9 Å². The van der Waals surface area contributed by atoms with Crippen LogP contribution in [0.25, 0.3) is 0 Å². The number of hydrazine groups is 1. The standard InChI is InChI=1S/C16H15BrN2O4/c1-22-12-7-8-13(14(9-12)23-2)16(21)19-18-15(20)10-3-5-11(17)6-4-10/h3-9H,1-2H3,(H,18,20)(H,19,21). The first-order valence-electron chi connectivity index (χ1n) is 6.63. The molecule has 0 bridgehead atoms. The van der Waals surface area contributed by atoms with Gasteiger partial charge in [0.15, 0.2) is 0 Å². The molecule has 0 atom stereocenters. The summed E-state index contributed by atoms with van der Waals surface area (Å²) in [6.07, 6.45) is 0. The van der Waals surface area contributed by atoms with E-state index in [0.717, 1.165) is 4.47 Å². The summed E-state index contributed by atoms with van der Waals surface area (Å²) in [4.78, 5) is 24.1. The van der Waals surface area contributed by atoms with E-state index in [1.807, 2.05) is 0 Å². The van der Waals surface area contributed by atoms with E-state index in [2.05, 4.69) is 26.8 Å². The summed E-state index contributed by atoms with van der Waals surface area (Å²) in [5, 5.41) is 0. The van der Waals surface area contributed by atoms with Crippen molar-refractivity contribution in [1.29, 1.82) is 0 Å². The first-order chi connectivity index (χ1) is 11.0. The van der Waals surface area contributed by atoms with Gasteiger partial charge in [-0.15, -0.1) is 0 Å². The fraction of sp³-hybridized carbons (Fsp3) is 0.125. The quantitative estimate of drug-likeness (QED) is 0.801. The fourth-order valence-corrected chi connectivity index (χ4v) is 2.10. The maximum Gasteiger partial charge on any atom is 0.273 e. The Kier molecular flexibility index (Phi) is 5.59. The molecule has 0 saturated carbocycles. The Hall–Kier alpha value is -2.54. The molecule has 0 fully saturated rings. The maximum absolute atomic E-state index is 12.2. The largest absolute Gasteiger partial charge is 0.497 e. The van der Waals surface area contributed by atoms with Gasteiger partial charge < -0.3 is 9.47 Å². The Morgan fingerprint density at radius 1 is 0.913 bits per heavy atom. The molecule has 0 aliphatic heterocycles. The SMILES string of the molecule is COc1ccc(C(=O)NNC(=O)c2ccc(Br)cc2)c(OC)c1. The van der Waals surface area contributed by atoms with E-state index in [4.69, 9.17) is 9.47 Å². The Bertz CT molecular complexity index is 717. The Labute approximate surface area is 141 Å². The van der Waals surface area contributed by atoms with Gasteiger partial charge in [0.1, 0.15) is 11.5 Å². The number of carbonyl (C=O) groups excluding carboxylic acids is 2. The van der Waals surface area contributed by atoms with Gasteiger partial charge in [-0.25, -0.2) is 0 Å². The second-order valence-electron chi connectivity index (χ2n) is 4.48. The molecule has 0 heterocycles. The van der Waals surface area contributed by atoms with Crippen molar-refractivity contribution < 1.29 is 19.1 Å². The van der Waals surface area contributed by atoms with E-state index in [0.29, 0.717) is 17.1 Å². The molecule has 2 amide bonds. The minimum Gasteiger partial charge on any atom is -0.497 e. The number of halogens is 1. The summed E-state index contributed by atoms with van der Waals surface area (Å²) >= 11 is 3.29. The summed E-state index contributed by atoms with van der Waals surface area (Å²) in [6, 6.07) is 11.5. The summed E-state index contributed by atoms with van der Waals surface area (Å²) in [5.41, 5.74) is 5.42. The van der Waals surface area contributed by atoms with Crippen LogP contribution in [0.1, 0.15) is 20.7 Å². The molecular formula is C16H15BrN2O4. The van der Waals surface area contributed by atoms with Crippen LogP contribution in [-0.2, 0) is 0 Å². The van der Waals surface area contributed by atoms with E-state index in [-0.39, 0.29) is 5.56 Å². The van der Waals surface area contributed by atoms with Crippen molar-refractivity contribution in [2.75, 3.05) is 14.2 Å². The molecule has 2 rings (SSSR count). The average Bonchev–Trinajstić information content (AvgIpc) is 2.59. The second-order valence-corrected chi connectivity index (χ2v) is 5.40. The number of rotatable bonds is 4. The highest BCUT2D eigenvalue weighted by molar-refractivity contribution is 9.10. The molecule has 0 saturated heterocycles. The van der Waals surface area contributed by atoms with E-state index in [1.165, 1.54) is 14.2 Å². The van der Waals surface area contributed by atoms with E-state index >= 15 is 0 Å². The van der Waals surface area contributed by atoms with Crippen LogP contribution in [0, 0.1) is 0 Å². The van der Waals surface area contributed by atoms with Crippen molar-refractivity contribution in [3.05, 3.63) is 58.1 Å². The van der Waals surface area contributed by atoms with Gasteiger partial charge in [0.2, 0.25) is 0 Å². The zero-order valence-electron chi connectivity index (χ0n) is 12.6. The molecule has 7 heteroatoms. The number of amides is 2. The van der Waals surface area contributed by atoms with Crippen LogP contribution in [0.5, 0.6) is 11.5 Å². The maximum atomic E-state index is 12.2. The fourth-order valence-electron chi connectivity index (χ4n) is 1.84. The van der Waals surface area contributed by atoms with Crippen molar-refractivity contribution in [2.24, 2.45) is 0 Å². The second kappa shape index (κ2) is 7.64. The number of benzene rings is 2. The number of nitrogens with one attached hydrogen (secondary N) is 2. The van der Waals surface area contributed by atoms with Gasteiger partial charge in [-0.2, -0.15) is 0 Å². The van der Waals surface area contributed by atoms with Crippen molar-refractivity contribution in [3.63, 3.8) is 0 Å². The van der Waals surface area contributed by atoms with Gasteiger partial charge in [-0.1, -0.05) is 15.9 Å². The zero-order chi connectivity index (χ0) is 16.8. The molecule has 0 radical (unpaired) electrons. The third-order valence-corrected chi connectivity index (χ3v) is 3.58. The zero-order valence-corrected chi connectivity index (χ0v) is 14.1. The van der Waals surface area contributed by atoms with Gasteiger partial charge in [0, 0.05) is 16.1 Å². The summed E-state index contributed by atoms with van der Waals surface area (Å²) in [7, 11) is 2.97. The van der Waals surface area contributed by atoms with Gasteiger partial charge >= 0.3 is 0 Å². The molecule has 120 valence electrons. The molecule has 0 spiro atoms. The molecule has 2 N–H and O–H groups in total. The van der Waals surface area contributed by atoms with Crippen LogP contribution in [0.15, 0.2) is 46.9 Å². The van der Waals surface area contributed by atoms with Crippen LogP contribution in [-0.4, -0.2) is 26.0 Å². The lowest BCUT2D eigenvalue weighted by molar-refractivity contribution is 0.0845. The summed E-state index contributed by atoms with van der Waals surface area (Å²) in [6.45, 7) is 0. The number of carbonyl (C=O) groups is 2. The molecule has 0 aliphatic carbocycles. The van der Waals surface area contributed by atoms with E-state index < -0.39 is 11.8 Å². The molecular weight excluding hydrogens is 364 g/mol. The van der Waals surface area contributed by atoms with Crippen LogP contribution < -0.4 is 20.3 Å². The van der Waals surface area contributed by atoms with Crippen molar-refractivity contribution in [2.45, 2.75) is 0 Å². The molecule has 2 aromatic rings. The minimum absolute atomic E-state index is 0.282.